The van der Waals surface area contributed by atoms with E-state index in [9.17, 15) is 14.7 Å². The molecule has 5 nitrogen and oxygen atoms in total. The summed E-state index contributed by atoms with van der Waals surface area (Å²) in [5.41, 5.74) is 0.857. The van der Waals surface area contributed by atoms with Crippen LogP contribution in [0.25, 0.3) is 0 Å². The van der Waals surface area contributed by atoms with Gasteiger partial charge >= 0.3 is 0 Å². The van der Waals surface area contributed by atoms with Crippen LogP contribution in [0.2, 0.25) is 0 Å². The monoisotopic (exact) mass is 330 g/mol. The van der Waals surface area contributed by atoms with E-state index in [0.717, 1.165) is 18.4 Å². The Bertz CT molecular complexity index is 569. The summed E-state index contributed by atoms with van der Waals surface area (Å²) in [6.45, 7) is 0.972. The quantitative estimate of drug-likeness (QED) is 0.838. The van der Waals surface area contributed by atoms with Crippen molar-refractivity contribution in [2.24, 2.45) is 5.92 Å². The maximum atomic E-state index is 12.3. The van der Waals surface area contributed by atoms with E-state index in [2.05, 4.69) is 5.32 Å². The van der Waals surface area contributed by atoms with Gasteiger partial charge in [-0.05, 0) is 24.8 Å². The van der Waals surface area contributed by atoms with Crippen molar-refractivity contribution in [1.29, 1.82) is 0 Å². The van der Waals surface area contributed by atoms with Crippen LogP contribution in [-0.2, 0) is 9.59 Å². The zero-order valence-electron chi connectivity index (χ0n) is 14.0. The lowest BCUT2D eigenvalue weighted by atomic mass is 10.1. The van der Waals surface area contributed by atoms with Crippen molar-refractivity contribution in [3.05, 3.63) is 35.9 Å². The van der Waals surface area contributed by atoms with Gasteiger partial charge in [0.2, 0.25) is 11.8 Å². The van der Waals surface area contributed by atoms with Crippen LogP contribution < -0.4 is 5.32 Å². The number of carbonyl (C=O) groups excluding carboxylic acids is 2. The number of amides is 2. The van der Waals surface area contributed by atoms with E-state index in [1.54, 1.807) is 0 Å². The fraction of sp³-hybridized carbons (Fsp3) is 0.579. The van der Waals surface area contributed by atoms with Gasteiger partial charge in [0.15, 0.2) is 0 Å². The first-order chi connectivity index (χ1) is 11.6. The summed E-state index contributed by atoms with van der Waals surface area (Å²) in [4.78, 5) is 26.4. The molecule has 1 heterocycles. The van der Waals surface area contributed by atoms with E-state index in [0.29, 0.717) is 32.0 Å². The zero-order chi connectivity index (χ0) is 16.9. The van der Waals surface area contributed by atoms with Crippen molar-refractivity contribution in [2.45, 2.75) is 50.7 Å². The summed E-state index contributed by atoms with van der Waals surface area (Å²) in [6.07, 6.45) is 4.73. The number of hydrogen-bond donors (Lipinski definition) is 2. The number of rotatable bonds is 6. The van der Waals surface area contributed by atoms with Gasteiger partial charge < -0.3 is 15.3 Å². The van der Waals surface area contributed by atoms with Crippen LogP contribution in [0.4, 0.5) is 0 Å². The van der Waals surface area contributed by atoms with Crippen LogP contribution in [0.5, 0.6) is 0 Å². The average molecular weight is 330 g/mol. The van der Waals surface area contributed by atoms with Gasteiger partial charge in [-0.15, -0.1) is 0 Å². The predicted molar refractivity (Wildman–Crippen MR) is 91.1 cm³/mol. The molecule has 24 heavy (non-hydrogen) atoms. The molecular formula is C19H26N2O3. The lowest BCUT2D eigenvalue weighted by Gasteiger charge is -2.23. The Morgan fingerprint density at radius 1 is 1.25 bits per heavy atom. The Morgan fingerprint density at radius 3 is 2.67 bits per heavy atom. The van der Waals surface area contributed by atoms with Crippen LogP contribution in [0.3, 0.4) is 0 Å². The molecule has 1 saturated carbocycles. The lowest BCUT2D eigenvalue weighted by molar-refractivity contribution is -0.130. The minimum atomic E-state index is -0.577. The topological polar surface area (TPSA) is 69.6 Å². The van der Waals surface area contributed by atoms with E-state index in [1.807, 2.05) is 35.2 Å². The Hall–Kier alpha value is -1.88. The Labute approximate surface area is 143 Å². The molecule has 2 amide bonds. The van der Waals surface area contributed by atoms with Crippen molar-refractivity contribution in [3.63, 3.8) is 0 Å². The summed E-state index contributed by atoms with van der Waals surface area (Å²) < 4.78 is 0. The Balaban J connectivity index is 1.43. The fourth-order valence-corrected chi connectivity index (χ4v) is 3.79. The third-order valence-electron chi connectivity index (χ3n) is 5.20. The van der Waals surface area contributed by atoms with Crippen LogP contribution in [-0.4, -0.2) is 41.0 Å². The first kappa shape index (κ1) is 17.0. The molecule has 2 unspecified atom stereocenters. The second kappa shape index (κ2) is 7.79. The molecule has 0 spiro atoms. The second-order valence-electron chi connectivity index (χ2n) is 6.89. The minimum Gasteiger partial charge on any atom is -0.388 e. The van der Waals surface area contributed by atoms with Crippen molar-refractivity contribution in [1.82, 2.24) is 10.2 Å². The summed E-state index contributed by atoms with van der Waals surface area (Å²) in [7, 11) is 0. The summed E-state index contributed by atoms with van der Waals surface area (Å²) in [6, 6.07) is 9.78. The maximum absolute atomic E-state index is 12.3. The van der Waals surface area contributed by atoms with E-state index >= 15 is 0 Å². The molecule has 0 bridgehead atoms. The van der Waals surface area contributed by atoms with Crippen molar-refractivity contribution >= 4 is 11.8 Å². The van der Waals surface area contributed by atoms with E-state index < -0.39 is 6.10 Å². The molecule has 3 rings (SSSR count). The number of likely N-dealkylation sites (tertiary alicyclic amines) is 1. The molecule has 1 aliphatic carbocycles. The van der Waals surface area contributed by atoms with Gasteiger partial charge in [-0.25, -0.2) is 0 Å². The van der Waals surface area contributed by atoms with Crippen LogP contribution in [0.1, 0.15) is 50.2 Å². The molecule has 2 N–H and O–H groups in total. The molecule has 2 aliphatic rings. The molecule has 130 valence electrons. The minimum absolute atomic E-state index is 0.0656. The molecular weight excluding hydrogens is 304 g/mol. The lowest BCUT2D eigenvalue weighted by Crippen LogP contribution is -2.37. The van der Waals surface area contributed by atoms with Crippen molar-refractivity contribution < 1.29 is 14.7 Å². The largest absolute Gasteiger partial charge is 0.388 e. The zero-order valence-corrected chi connectivity index (χ0v) is 14.0. The number of nitrogens with zero attached hydrogens (tertiary/aromatic N) is 1. The summed E-state index contributed by atoms with van der Waals surface area (Å²) in [5, 5.41) is 13.0. The highest BCUT2D eigenvalue weighted by atomic mass is 16.3. The van der Waals surface area contributed by atoms with Gasteiger partial charge in [0.1, 0.15) is 0 Å². The van der Waals surface area contributed by atoms with Gasteiger partial charge in [-0.3, -0.25) is 9.59 Å². The summed E-state index contributed by atoms with van der Waals surface area (Å²) >= 11 is 0. The van der Waals surface area contributed by atoms with Gasteiger partial charge in [0, 0.05) is 25.6 Å². The van der Waals surface area contributed by atoms with Crippen molar-refractivity contribution in [2.75, 3.05) is 13.1 Å². The normalized spacial score (nSPS) is 22.8. The SMILES string of the molecule is O=C(NCCC(O)c1ccccc1)C1CC(=O)N(C2CCCC2)C1. The van der Waals surface area contributed by atoms with Gasteiger partial charge in [-0.2, -0.15) is 0 Å². The molecule has 1 aromatic carbocycles. The molecule has 0 aromatic heterocycles. The number of aliphatic hydroxyl groups excluding tert-OH is 1. The van der Waals surface area contributed by atoms with E-state index in [-0.39, 0.29) is 17.7 Å². The molecule has 0 radical (unpaired) electrons. The smallest absolute Gasteiger partial charge is 0.225 e. The number of benzene rings is 1. The first-order valence-corrected chi connectivity index (χ1v) is 8.95. The van der Waals surface area contributed by atoms with Crippen molar-refractivity contribution in [3.8, 4) is 0 Å². The molecule has 1 aliphatic heterocycles. The predicted octanol–water partition coefficient (Wildman–Crippen LogP) is 2.02. The van der Waals surface area contributed by atoms with Crippen LogP contribution >= 0.6 is 0 Å². The van der Waals surface area contributed by atoms with E-state index in [4.69, 9.17) is 0 Å². The Morgan fingerprint density at radius 2 is 1.96 bits per heavy atom. The van der Waals surface area contributed by atoms with Crippen LogP contribution in [0.15, 0.2) is 30.3 Å². The average Bonchev–Trinajstić information content (AvgIpc) is 3.24. The third kappa shape index (κ3) is 3.96. The van der Waals surface area contributed by atoms with Crippen LogP contribution in [0, 0.1) is 5.92 Å². The van der Waals surface area contributed by atoms with Gasteiger partial charge in [-0.1, -0.05) is 43.2 Å². The highest BCUT2D eigenvalue weighted by molar-refractivity contribution is 5.89. The number of aliphatic hydroxyl groups is 1. The number of hydrogen-bond acceptors (Lipinski definition) is 3. The molecule has 5 heteroatoms. The summed E-state index contributed by atoms with van der Waals surface area (Å²) in [5.74, 6) is -0.192. The van der Waals surface area contributed by atoms with Gasteiger partial charge in [0.25, 0.3) is 0 Å². The fourth-order valence-electron chi connectivity index (χ4n) is 3.79. The number of nitrogens with one attached hydrogen (secondary N) is 1. The van der Waals surface area contributed by atoms with Gasteiger partial charge in [0.05, 0.1) is 12.0 Å². The third-order valence-corrected chi connectivity index (χ3v) is 5.20. The molecule has 2 fully saturated rings. The highest BCUT2D eigenvalue weighted by Gasteiger charge is 2.38. The Kier molecular flexibility index (Phi) is 5.51. The second-order valence-corrected chi connectivity index (χ2v) is 6.89. The standard InChI is InChI=1S/C19H26N2O3/c22-17(14-6-2-1-3-7-14)10-11-20-19(24)15-12-18(23)21(13-15)16-8-4-5-9-16/h1-3,6-7,15-17,22H,4-5,8-13H2,(H,20,24). The highest BCUT2D eigenvalue weighted by Crippen LogP contribution is 2.29. The molecule has 1 saturated heterocycles. The van der Waals surface area contributed by atoms with E-state index in [1.165, 1.54) is 12.8 Å². The molecule has 2 atom stereocenters. The maximum Gasteiger partial charge on any atom is 0.225 e. The molecule has 1 aromatic rings. The first-order valence-electron chi connectivity index (χ1n) is 8.95. The number of carbonyl (C=O) groups is 2.